The van der Waals surface area contributed by atoms with E-state index in [9.17, 15) is 0 Å². The molecule has 0 spiro atoms. The summed E-state index contributed by atoms with van der Waals surface area (Å²) in [5.74, 6) is 1.94. The van der Waals surface area contributed by atoms with Gasteiger partial charge in [0.05, 0.1) is 12.2 Å². The topological polar surface area (TPSA) is 9.23 Å². The molecule has 2 saturated carbocycles. The number of fused-ring (bicyclic) bond motifs is 2. The summed E-state index contributed by atoms with van der Waals surface area (Å²) in [7, 11) is 0. The maximum atomic E-state index is 5.85. The van der Waals surface area contributed by atoms with Crippen molar-refractivity contribution in [2.75, 3.05) is 0 Å². The lowest BCUT2D eigenvalue weighted by Crippen LogP contribution is -2.23. The highest BCUT2D eigenvalue weighted by Crippen LogP contribution is 2.46. The third-order valence-corrected chi connectivity index (χ3v) is 3.12. The minimum atomic E-state index is 0.430. The van der Waals surface area contributed by atoms with Gasteiger partial charge in [-0.05, 0) is 51.4 Å². The molecule has 3 atom stereocenters. The van der Waals surface area contributed by atoms with E-state index in [1.807, 2.05) is 0 Å². The van der Waals surface area contributed by atoms with Crippen molar-refractivity contribution in [1.82, 2.24) is 0 Å². The molecule has 0 radical (unpaired) electrons. The summed E-state index contributed by atoms with van der Waals surface area (Å²) < 4.78 is 5.85. The van der Waals surface area contributed by atoms with Crippen LogP contribution in [0.25, 0.3) is 0 Å². The fraction of sp³-hybridized carbons (Fsp3) is 1.00. The van der Waals surface area contributed by atoms with E-state index in [4.69, 9.17) is 4.74 Å². The lowest BCUT2D eigenvalue weighted by atomic mass is 9.98. The Kier molecular flexibility index (Phi) is 1.92. The Morgan fingerprint density at radius 3 is 2.45 bits per heavy atom. The van der Waals surface area contributed by atoms with Gasteiger partial charge in [0.15, 0.2) is 0 Å². The van der Waals surface area contributed by atoms with Gasteiger partial charge < -0.3 is 4.74 Å². The maximum absolute atomic E-state index is 5.85. The van der Waals surface area contributed by atoms with Gasteiger partial charge in [-0.2, -0.15) is 0 Å². The quantitative estimate of drug-likeness (QED) is 0.594. The summed E-state index contributed by atoms with van der Waals surface area (Å²) in [5, 5.41) is 0. The predicted molar refractivity (Wildman–Crippen MR) is 45.5 cm³/mol. The van der Waals surface area contributed by atoms with Crippen LogP contribution in [0.5, 0.6) is 0 Å². The summed E-state index contributed by atoms with van der Waals surface area (Å²) in [6.45, 7) is 4.29. The summed E-state index contributed by atoms with van der Waals surface area (Å²) >= 11 is 0. The highest BCUT2D eigenvalue weighted by Gasteiger charge is 2.40. The van der Waals surface area contributed by atoms with Gasteiger partial charge in [0, 0.05) is 0 Å². The van der Waals surface area contributed by atoms with Gasteiger partial charge in [0.25, 0.3) is 0 Å². The van der Waals surface area contributed by atoms with Crippen molar-refractivity contribution in [2.24, 2.45) is 11.8 Å². The van der Waals surface area contributed by atoms with Crippen molar-refractivity contribution in [3.8, 4) is 0 Å². The van der Waals surface area contributed by atoms with Gasteiger partial charge in [-0.3, -0.25) is 0 Å². The van der Waals surface area contributed by atoms with Crippen molar-refractivity contribution in [2.45, 2.75) is 51.7 Å². The lowest BCUT2D eigenvalue weighted by Gasteiger charge is -2.24. The van der Waals surface area contributed by atoms with Crippen molar-refractivity contribution >= 4 is 0 Å². The Labute approximate surface area is 69.1 Å². The molecular formula is C10H18O. The molecule has 0 amide bonds. The first-order valence-electron chi connectivity index (χ1n) is 4.91. The van der Waals surface area contributed by atoms with Gasteiger partial charge in [0.2, 0.25) is 0 Å². The summed E-state index contributed by atoms with van der Waals surface area (Å²) in [4.78, 5) is 0. The molecular weight excluding hydrogens is 136 g/mol. The van der Waals surface area contributed by atoms with Crippen LogP contribution in [-0.4, -0.2) is 12.2 Å². The molecule has 2 aliphatic rings. The third-order valence-electron chi connectivity index (χ3n) is 3.12. The molecule has 0 aromatic carbocycles. The normalized spacial score (nSPS) is 42.3. The lowest BCUT2D eigenvalue weighted by molar-refractivity contribution is -0.0222. The molecule has 1 heteroatoms. The van der Waals surface area contributed by atoms with Crippen LogP contribution in [0.3, 0.4) is 0 Å². The van der Waals surface area contributed by atoms with E-state index < -0.39 is 0 Å². The summed E-state index contributed by atoms with van der Waals surface area (Å²) in [6.07, 6.45) is 6.76. The zero-order chi connectivity index (χ0) is 7.84. The van der Waals surface area contributed by atoms with Gasteiger partial charge in [-0.25, -0.2) is 0 Å². The first-order valence-corrected chi connectivity index (χ1v) is 4.91. The van der Waals surface area contributed by atoms with Crippen LogP contribution in [0.4, 0.5) is 0 Å². The molecule has 2 bridgehead atoms. The van der Waals surface area contributed by atoms with E-state index in [0.29, 0.717) is 12.2 Å². The molecule has 0 aliphatic heterocycles. The van der Waals surface area contributed by atoms with E-state index in [2.05, 4.69) is 13.8 Å². The van der Waals surface area contributed by atoms with Gasteiger partial charge in [-0.15, -0.1) is 0 Å². The van der Waals surface area contributed by atoms with Crippen LogP contribution in [0.2, 0.25) is 0 Å². The predicted octanol–water partition coefficient (Wildman–Crippen LogP) is 2.60. The van der Waals surface area contributed by atoms with Crippen molar-refractivity contribution in [3.63, 3.8) is 0 Å². The molecule has 0 N–H and O–H groups in total. The van der Waals surface area contributed by atoms with Crippen LogP contribution in [-0.2, 0) is 4.74 Å². The molecule has 0 heterocycles. The Morgan fingerprint density at radius 2 is 2.00 bits per heavy atom. The largest absolute Gasteiger partial charge is 0.375 e. The van der Waals surface area contributed by atoms with Crippen LogP contribution in [0.1, 0.15) is 39.5 Å². The Morgan fingerprint density at radius 1 is 1.18 bits per heavy atom. The monoisotopic (exact) mass is 154 g/mol. The van der Waals surface area contributed by atoms with Crippen LogP contribution < -0.4 is 0 Å². The smallest absolute Gasteiger partial charge is 0.0609 e. The van der Waals surface area contributed by atoms with Gasteiger partial charge in [0.1, 0.15) is 0 Å². The van der Waals surface area contributed by atoms with Crippen molar-refractivity contribution < 1.29 is 4.74 Å². The number of hydrogen-bond donors (Lipinski definition) is 0. The minimum Gasteiger partial charge on any atom is -0.375 e. The van der Waals surface area contributed by atoms with E-state index in [0.717, 1.165) is 11.8 Å². The van der Waals surface area contributed by atoms with Crippen LogP contribution in [0, 0.1) is 11.8 Å². The zero-order valence-corrected chi connectivity index (χ0v) is 7.55. The molecule has 0 aromatic rings. The van der Waals surface area contributed by atoms with E-state index >= 15 is 0 Å². The Balaban J connectivity index is 1.87. The average molecular weight is 154 g/mol. The molecule has 0 saturated heterocycles. The Bertz CT molecular complexity index is 142. The number of hydrogen-bond acceptors (Lipinski definition) is 1. The number of rotatable bonds is 2. The van der Waals surface area contributed by atoms with Crippen LogP contribution >= 0.6 is 0 Å². The molecule has 0 aromatic heterocycles. The van der Waals surface area contributed by atoms with E-state index in [-0.39, 0.29) is 0 Å². The molecule has 2 rings (SSSR count). The minimum absolute atomic E-state index is 0.430. The molecule has 2 aliphatic carbocycles. The maximum Gasteiger partial charge on any atom is 0.0609 e. The first-order chi connectivity index (χ1) is 5.25. The van der Waals surface area contributed by atoms with Gasteiger partial charge >= 0.3 is 0 Å². The highest BCUT2D eigenvalue weighted by molar-refractivity contribution is 4.90. The van der Waals surface area contributed by atoms with Crippen molar-refractivity contribution in [3.05, 3.63) is 0 Å². The van der Waals surface area contributed by atoms with Crippen LogP contribution in [0.15, 0.2) is 0 Å². The zero-order valence-electron chi connectivity index (χ0n) is 7.55. The third kappa shape index (κ3) is 1.44. The second-order valence-electron chi connectivity index (χ2n) is 4.40. The second-order valence-corrected chi connectivity index (χ2v) is 4.40. The summed E-state index contributed by atoms with van der Waals surface area (Å²) in [6, 6.07) is 0. The second kappa shape index (κ2) is 2.78. The average Bonchev–Trinajstić information content (AvgIpc) is 2.45. The van der Waals surface area contributed by atoms with E-state index in [1.54, 1.807) is 0 Å². The fourth-order valence-electron chi connectivity index (χ4n) is 2.70. The standard InChI is InChI=1S/C10H18O/c1-7(2)11-10-6-8-3-4-9(10)5-8/h7-10H,3-6H2,1-2H3. The molecule has 3 unspecified atom stereocenters. The molecule has 64 valence electrons. The van der Waals surface area contributed by atoms with Gasteiger partial charge in [-0.1, -0.05) is 0 Å². The van der Waals surface area contributed by atoms with E-state index in [1.165, 1.54) is 25.7 Å². The Hall–Kier alpha value is -0.0400. The fourth-order valence-corrected chi connectivity index (χ4v) is 2.70. The highest BCUT2D eigenvalue weighted by atomic mass is 16.5. The molecule has 1 nitrogen and oxygen atoms in total. The number of ether oxygens (including phenoxy) is 1. The molecule has 2 fully saturated rings. The first kappa shape index (κ1) is 7.60. The SMILES string of the molecule is CC(C)OC1CC2CCC1C2. The molecule has 11 heavy (non-hydrogen) atoms. The summed E-state index contributed by atoms with van der Waals surface area (Å²) in [5.41, 5.74) is 0. The van der Waals surface area contributed by atoms with Crippen molar-refractivity contribution in [1.29, 1.82) is 0 Å².